The summed E-state index contributed by atoms with van der Waals surface area (Å²) in [7, 11) is 0. The smallest absolute Gasteiger partial charge is 0.251 e. The average molecular weight is 240 g/mol. The van der Waals surface area contributed by atoms with Crippen LogP contribution in [0.4, 0.5) is 0 Å². The summed E-state index contributed by atoms with van der Waals surface area (Å²) in [5, 5.41) is 0. The third-order valence-corrected chi connectivity index (χ3v) is 3.78. The van der Waals surface area contributed by atoms with Crippen LogP contribution < -0.4 is 0 Å². The Labute approximate surface area is 104 Å². The highest BCUT2D eigenvalue weighted by atomic mass is 16.5. The van der Waals surface area contributed by atoms with Crippen molar-refractivity contribution in [3.05, 3.63) is 0 Å². The summed E-state index contributed by atoms with van der Waals surface area (Å²) in [6.45, 7) is 9.04. The van der Waals surface area contributed by atoms with Gasteiger partial charge < -0.3 is 9.64 Å². The maximum atomic E-state index is 12.2. The molecule has 0 saturated carbocycles. The van der Waals surface area contributed by atoms with E-state index in [4.69, 9.17) is 4.74 Å². The summed E-state index contributed by atoms with van der Waals surface area (Å²) in [5.74, 6) is 0.216. The summed E-state index contributed by atoms with van der Waals surface area (Å²) in [5.41, 5.74) is 0. The molecule has 2 fully saturated rings. The van der Waals surface area contributed by atoms with Crippen molar-refractivity contribution in [3.63, 3.8) is 0 Å². The van der Waals surface area contributed by atoms with Gasteiger partial charge in [-0.1, -0.05) is 0 Å². The second-order valence-electron chi connectivity index (χ2n) is 5.31. The molecule has 0 aromatic rings. The van der Waals surface area contributed by atoms with Crippen LogP contribution in [-0.2, 0) is 9.53 Å². The lowest BCUT2D eigenvalue weighted by atomic mass is 10.2. The number of amides is 1. The highest BCUT2D eigenvalue weighted by molar-refractivity contribution is 5.81. The first-order valence-electron chi connectivity index (χ1n) is 6.83. The Morgan fingerprint density at radius 3 is 2.65 bits per heavy atom. The lowest BCUT2D eigenvalue weighted by Gasteiger charge is -2.25. The van der Waals surface area contributed by atoms with Gasteiger partial charge in [0.15, 0.2) is 0 Å². The van der Waals surface area contributed by atoms with Gasteiger partial charge in [0.25, 0.3) is 5.91 Å². The predicted octanol–water partition coefficient (Wildman–Crippen LogP) is 1.11. The molecule has 1 amide bonds. The lowest BCUT2D eigenvalue weighted by molar-refractivity contribution is -0.140. The molecule has 1 unspecified atom stereocenters. The molecule has 4 nitrogen and oxygen atoms in total. The first-order valence-corrected chi connectivity index (χ1v) is 6.83. The number of hydrogen-bond donors (Lipinski definition) is 0. The molecule has 2 saturated heterocycles. The molecule has 2 aliphatic rings. The quantitative estimate of drug-likeness (QED) is 0.725. The topological polar surface area (TPSA) is 32.8 Å². The highest BCUT2D eigenvalue weighted by Gasteiger charge is 2.29. The molecule has 0 radical (unpaired) electrons. The summed E-state index contributed by atoms with van der Waals surface area (Å²) in [6, 6.07) is 0.577. The molecule has 0 spiro atoms. The first kappa shape index (κ1) is 12.8. The average Bonchev–Trinajstić information content (AvgIpc) is 2.71. The second-order valence-corrected chi connectivity index (χ2v) is 5.31. The molecule has 98 valence electrons. The molecule has 4 heteroatoms. The zero-order chi connectivity index (χ0) is 12.3. The number of carbonyl (C=O) groups excluding carboxylic acids is 1. The Balaban J connectivity index is 1.87. The van der Waals surface area contributed by atoms with E-state index in [1.807, 2.05) is 4.90 Å². The van der Waals surface area contributed by atoms with Crippen molar-refractivity contribution in [2.24, 2.45) is 0 Å². The number of hydrogen-bond acceptors (Lipinski definition) is 3. The van der Waals surface area contributed by atoms with Crippen LogP contribution in [0.5, 0.6) is 0 Å². The van der Waals surface area contributed by atoms with Crippen LogP contribution in [0.2, 0.25) is 0 Å². The second kappa shape index (κ2) is 5.83. The summed E-state index contributed by atoms with van der Waals surface area (Å²) < 4.78 is 5.48. The molecule has 0 N–H and O–H groups in total. The van der Waals surface area contributed by atoms with E-state index in [0.29, 0.717) is 6.04 Å². The van der Waals surface area contributed by atoms with E-state index >= 15 is 0 Å². The highest BCUT2D eigenvalue weighted by Crippen LogP contribution is 2.16. The standard InChI is InChI=1S/C13H24N2O2/c1-11(2)14-6-4-7-15(9-8-14)13(16)12-5-3-10-17-12/h11-12H,3-10H2,1-2H3. The van der Waals surface area contributed by atoms with E-state index in [2.05, 4.69) is 18.7 Å². The van der Waals surface area contributed by atoms with Crippen LogP contribution in [0.1, 0.15) is 33.1 Å². The van der Waals surface area contributed by atoms with Crippen LogP contribution in [0.15, 0.2) is 0 Å². The van der Waals surface area contributed by atoms with Crippen molar-refractivity contribution in [3.8, 4) is 0 Å². The van der Waals surface area contributed by atoms with Crippen LogP contribution in [0.3, 0.4) is 0 Å². The number of carbonyl (C=O) groups is 1. The third kappa shape index (κ3) is 3.19. The third-order valence-electron chi connectivity index (χ3n) is 3.78. The molecule has 2 rings (SSSR count). The van der Waals surface area contributed by atoms with Crippen LogP contribution in [0.25, 0.3) is 0 Å². The minimum atomic E-state index is -0.152. The van der Waals surface area contributed by atoms with Crippen LogP contribution >= 0.6 is 0 Å². The Morgan fingerprint density at radius 2 is 2.00 bits per heavy atom. The van der Waals surface area contributed by atoms with Crippen molar-refractivity contribution >= 4 is 5.91 Å². The molecule has 1 atom stereocenters. The Hall–Kier alpha value is -0.610. The molecular formula is C13H24N2O2. The predicted molar refractivity (Wildman–Crippen MR) is 66.9 cm³/mol. The van der Waals surface area contributed by atoms with Crippen molar-refractivity contribution in [2.45, 2.75) is 45.3 Å². The molecule has 0 bridgehead atoms. The zero-order valence-corrected chi connectivity index (χ0v) is 11.0. The summed E-state index contributed by atoms with van der Waals surface area (Å²) >= 11 is 0. The van der Waals surface area contributed by atoms with E-state index in [9.17, 15) is 4.79 Å². The molecule has 2 aliphatic heterocycles. The fourth-order valence-electron chi connectivity index (χ4n) is 2.65. The zero-order valence-electron chi connectivity index (χ0n) is 11.0. The van der Waals surface area contributed by atoms with Crippen molar-refractivity contribution in [1.29, 1.82) is 0 Å². The van der Waals surface area contributed by atoms with Crippen LogP contribution in [0, 0.1) is 0 Å². The maximum absolute atomic E-state index is 12.2. The molecular weight excluding hydrogens is 216 g/mol. The molecule has 0 aromatic heterocycles. The molecule has 0 aliphatic carbocycles. The van der Waals surface area contributed by atoms with Gasteiger partial charge in [-0.25, -0.2) is 0 Å². The first-order chi connectivity index (χ1) is 8.18. The Bertz CT molecular complexity index is 262. The van der Waals surface area contributed by atoms with E-state index in [-0.39, 0.29) is 12.0 Å². The largest absolute Gasteiger partial charge is 0.368 e. The minimum absolute atomic E-state index is 0.152. The molecule has 0 aromatic carbocycles. The molecule has 17 heavy (non-hydrogen) atoms. The van der Waals surface area contributed by atoms with Gasteiger partial charge in [-0.05, 0) is 33.1 Å². The van der Waals surface area contributed by atoms with E-state index in [0.717, 1.165) is 52.0 Å². The van der Waals surface area contributed by atoms with E-state index in [1.54, 1.807) is 0 Å². The van der Waals surface area contributed by atoms with Gasteiger partial charge in [0, 0.05) is 38.8 Å². The number of ether oxygens (including phenoxy) is 1. The maximum Gasteiger partial charge on any atom is 0.251 e. The van der Waals surface area contributed by atoms with Gasteiger partial charge in [-0.2, -0.15) is 0 Å². The monoisotopic (exact) mass is 240 g/mol. The van der Waals surface area contributed by atoms with Gasteiger partial charge in [0.1, 0.15) is 6.10 Å². The van der Waals surface area contributed by atoms with E-state index < -0.39 is 0 Å². The van der Waals surface area contributed by atoms with Gasteiger partial charge in [-0.3, -0.25) is 9.69 Å². The fourth-order valence-corrected chi connectivity index (χ4v) is 2.65. The van der Waals surface area contributed by atoms with Gasteiger partial charge >= 0.3 is 0 Å². The normalized spacial score (nSPS) is 27.5. The SMILES string of the molecule is CC(C)N1CCCN(C(=O)C2CCCO2)CC1. The van der Waals surface area contributed by atoms with Gasteiger partial charge in [-0.15, -0.1) is 0 Å². The number of nitrogens with zero attached hydrogens (tertiary/aromatic N) is 2. The van der Waals surface area contributed by atoms with Gasteiger partial charge in [0.2, 0.25) is 0 Å². The Morgan fingerprint density at radius 1 is 1.18 bits per heavy atom. The van der Waals surface area contributed by atoms with Crippen molar-refractivity contribution in [1.82, 2.24) is 9.80 Å². The fraction of sp³-hybridized carbons (Fsp3) is 0.923. The number of rotatable bonds is 2. The summed E-state index contributed by atoms with van der Waals surface area (Å²) in [6.07, 6.45) is 2.86. The summed E-state index contributed by atoms with van der Waals surface area (Å²) in [4.78, 5) is 16.7. The van der Waals surface area contributed by atoms with Crippen molar-refractivity contribution < 1.29 is 9.53 Å². The Kier molecular flexibility index (Phi) is 4.40. The molecule has 2 heterocycles. The van der Waals surface area contributed by atoms with Gasteiger partial charge in [0.05, 0.1) is 0 Å². The lowest BCUT2D eigenvalue weighted by Crippen LogP contribution is -2.41. The van der Waals surface area contributed by atoms with E-state index in [1.165, 1.54) is 0 Å². The van der Waals surface area contributed by atoms with Crippen molar-refractivity contribution in [2.75, 3.05) is 32.8 Å². The minimum Gasteiger partial charge on any atom is -0.368 e. The van der Waals surface area contributed by atoms with Crippen LogP contribution in [-0.4, -0.2) is 60.6 Å².